The minimum absolute atomic E-state index is 0.527. The number of ether oxygens (including phenoxy) is 1. The zero-order valence-corrected chi connectivity index (χ0v) is 10.7. The zero-order valence-electron chi connectivity index (χ0n) is 10.7. The standard InChI is InChI=1S/C15H21FO/c1-3-12-7-8-13(17-10-11-5-6-11)9-14(12)15(16)4-2/h7-9,11,15H,3-6,10H2,1-2H3. The number of hydrogen-bond donors (Lipinski definition) is 0. The molecule has 1 aliphatic carbocycles. The highest BCUT2D eigenvalue weighted by Crippen LogP contribution is 2.32. The van der Waals surface area contributed by atoms with Crippen molar-refractivity contribution in [3.05, 3.63) is 29.3 Å². The molecule has 1 fully saturated rings. The van der Waals surface area contributed by atoms with Gasteiger partial charge < -0.3 is 4.74 Å². The topological polar surface area (TPSA) is 9.23 Å². The van der Waals surface area contributed by atoms with Gasteiger partial charge in [-0.2, -0.15) is 0 Å². The number of aryl methyl sites for hydroxylation is 1. The fourth-order valence-corrected chi connectivity index (χ4v) is 1.99. The SMILES string of the molecule is CCc1ccc(OCC2CC2)cc1C(F)CC. The van der Waals surface area contributed by atoms with Gasteiger partial charge in [0.1, 0.15) is 11.9 Å². The van der Waals surface area contributed by atoms with Crippen LogP contribution < -0.4 is 4.74 Å². The summed E-state index contributed by atoms with van der Waals surface area (Å²) in [5.74, 6) is 1.55. The maximum Gasteiger partial charge on any atom is 0.125 e. The molecule has 1 aromatic carbocycles. The Labute approximate surface area is 103 Å². The van der Waals surface area contributed by atoms with E-state index in [9.17, 15) is 4.39 Å². The molecule has 94 valence electrons. The highest BCUT2D eigenvalue weighted by Gasteiger charge is 2.22. The van der Waals surface area contributed by atoms with Crippen molar-refractivity contribution in [2.45, 2.75) is 45.7 Å². The molecule has 0 aromatic heterocycles. The Bertz CT molecular complexity index is 371. The van der Waals surface area contributed by atoms with Crippen molar-refractivity contribution in [1.82, 2.24) is 0 Å². The maximum atomic E-state index is 13.8. The molecule has 2 rings (SSSR count). The summed E-state index contributed by atoms with van der Waals surface area (Å²) in [6.07, 6.45) is 3.09. The summed E-state index contributed by atoms with van der Waals surface area (Å²) < 4.78 is 19.5. The monoisotopic (exact) mass is 236 g/mol. The Kier molecular flexibility index (Phi) is 4.03. The first-order valence-electron chi connectivity index (χ1n) is 6.64. The predicted octanol–water partition coefficient (Wildman–Crippen LogP) is 4.46. The molecule has 0 aliphatic heterocycles. The summed E-state index contributed by atoms with van der Waals surface area (Å²) in [5.41, 5.74) is 1.90. The van der Waals surface area contributed by atoms with Gasteiger partial charge >= 0.3 is 0 Å². The molecule has 1 aromatic rings. The van der Waals surface area contributed by atoms with Crippen LogP contribution in [0.15, 0.2) is 18.2 Å². The third-order valence-corrected chi connectivity index (χ3v) is 3.38. The van der Waals surface area contributed by atoms with Gasteiger partial charge in [-0.05, 0) is 54.9 Å². The largest absolute Gasteiger partial charge is 0.493 e. The van der Waals surface area contributed by atoms with E-state index in [4.69, 9.17) is 4.74 Å². The van der Waals surface area contributed by atoms with Gasteiger partial charge in [0.05, 0.1) is 6.61 Å². The first kappa shape index (κ1) is 12.4. The van der Waals surface area contributed by atoms with Crippen molar-refractivity contribution >= 4 is 0 Å². The second-order valence-corrected chi connectivity index (χ2v) is 4.84. The number of rotatable bonds is 6. The van der Waals surface area contributed by atoms with Crippen LogP contribution in [0.2, 0.25) is 0 Å². The van der Waals surface area contributed by atoms with Gasteiger partial charge in [0.25, 0.3) is 0 Å². The van der Waals surface area contributed by atoms with Crippen molar-refractivity contribution in [1.29, 1.82) is 0 Å². The Balaban J connectivity index is 2.11. The zero-order chi connectivity index (χ0) is 12.3. The number of alkyl halides is 1. The minimum atomic E-state index is -0.866. The summed E-state index contributed by atoms with van der Waals surface area (Å²) in [4.78, 5) is 0. The lowest BCUT2D eigenvalue weighted by molar-refractivity contribution is 0.295. The van der Waals surface area contributed by atoms with E-state index in [0.717, 1.165) is 35.8 Å². The van der Waals surface area contributed by atoms with Crippen molar-refractivity contribution in [3.63, 3.8) is 0 Å². The molecule has 0 bridgehead atoms. The van der Waals surface area contributed by atoms with Crippen LogP contribution in [0.3, 0.4) is 0 Å². The molecule has 1 aliphatic rings. The molecule has 0 amide bonds. The molecule has 0 saturated heterocycles. The predicted molar refractivity (Wildman–Crippen MR) is 68.2 cm³/mol. The Morgan fingerprint density at radius 2 is 2.12 bits per heavy atom. The van der Waals surface area contributed by atoms with E-state index in [1.807, 2.05) is 25.1 Å². The molecule has 1 atom stereocenters. The van der Waals surface area contributed by atoms with Gasteiger partial charge in [0.2, 0.25) is 0 Å². The lowest BCUT2D eigenvalue weighted by Gasteiger charge is -2.14. The highest BCUT2D eigenvalue weighted by molar-refractivity contribution is 5.37. The van der Waals surface area contributed by atoms with Gasteiger partial charge in [-0.1, -0.05) is 19.9 Å². The van der Waals surface area contributed by atoms with E-state index in [1.54, 1.807) is 0 Å². The number of halogens is 1. The van der Waals surface area contributed by atoms with Crippen LogP contribution in [-0.2, 0) is 6.42 Å². The van der Waals surface area contributed by atoms with E-state index in [-0.39, 0.29) is 0 Å². The average molecular weight is 236 g/mol. The fraction of sp³-hybridized carbons (Fsp3) is 0.600. The average Bonchev–Trinajstić information content (AvgIpc) is 3.19. The first-order chi connectivity index (χ1) is 8.24. The fourth-order valence-electron chi connectivity index (χ4n) is 1.99. The first-order valence-corrected chi connectivity index (χ1v) is 6.64. The summed E-state index contributed by atoms with van der Waals surface area (Å²) in [6.45, 7) is 4.72. The summed E-state index contributed by atoms with van der Waals surface area (Å²) >= 11 is 0. The normalized spacial score (nSPS) is 16.9. The molecule has 1 unspecified atom stereocenters. The summed E-state index contributed by atoms with van der Waals surface area (Å²) in [7, 11) is 0. The molecule has 17 heavy (non-hydrogen) atoms. The molecule has 1 nitrogen and oxygen atoms in total. The van der Waals surface area contributed by atoms with E-state index in [0.29, 0.717) is 6.42 Å². The van der Waals surface area contributed by atoms with Crippen LogP contribution in [-0.4, -0.2) is 6.61 Å². The Morgan fingerprint density at radius 3 is 2.71 bits per heavy atom. The van der Waals surface area contributed by atoms with E-state index < -0.39 is 6.17 Å². The van der Waals surface area contributed by atoms with Gasteiger partial charge in [0.15, 0.2) is 0 Å². The van der Waals surface area contributed by atoms with Gasteiger partial charge in [-0.15, -0.1) is 0 Å². The third kappa shape index (κ3) is 3.21. The molecular weight excluding hydrogens is 215 g/mol. The van der Waals surface area contributed by atoms with Gasteiger partial charge in [-0.3, -0.25) is 0 Å². The van der Waals surface area contributed by atoms with Gasteiger partial charge in [-0.25, -0.2) is 4.39 Å². The molecule has 1 saturated carbocycles. The second kappa shape index (κ2) is 5.52. The summed E-state index contributed by atoms with van der Waals surface area (Å²) in [5, 5.41) is 0. The lowest BCUT2D eigenvalue weighted by Crippen LogP contribution is -2.02. The van der Waals surface area contributed by atoms with Crippen LogP contribution in [0.1, 0.15) is 50.4 Å². The molecule has 0 spiro atoms. The van der Waals surface area contributed by atoms with Crippen molar-refractivity contribution in [3.8, 4) is 5.75 Å². The van der Waals surface area contributed by atoms with E-state index in [1.165, 1.54) is 12.8 Å². The number of hydrogen-bond acceptors (Lipinski definition) is 1. The second-order valence-electron chi connectivity index (χ2n) is 4.84. The molecule has 0 radical (unpaired) electrons. The van der Waals surface area contributed by atoms with E-state index in [2.05, 4.69) is 6.92 Å². The minimum Gasteiger partial charge on any atom is -0.493 e. The smallest absolute Gasteiger partial charge is 0.125 e. The van der Waals surface area contributed by atoms with Crippen LogP contribution in [0, 0.1) is 5.92 Å². The molecule has 0 N–H and O–H groups in total. The lowest BCUT2D eigenvalue weighted by atomic mass is 9.99. The maximum absolute atomic E-state index is 13.8. The van der Waals surface area contributed by atoms with Crippen LogP contribution >= 0.6 is 0 Å². The van der Waals surface area contributed by atoms with Gasteiger partial charge in [0, 0.05) is 0 Å². The van der Waals surface area contributed by atoms with Crippen molar-refractivity contribution in [2.75, 3.05) is 6.61 Å². The van der Waals surface area contributed by atoms with Crippen LogP contribution in [0.25, 0.3) is 0 Å². The highest BCUT2D eigenvalue weighted by atomic mass is 19.1. The Hall–Kier alpha value is -1.05. The number of benzene rings is 1. The van der Waals surface area contributed by atoms with Crippen LogP contribution in [0.5, 0.6) is 5.75 Å². The summed E-state index contributed by atoms with van der Waals surface area (Å²) in [6, 6.07) is 5.85. The van der Waals surface area contributed by atoms with Crippen molar-refractivity contribution in [2.24, 2.45) is 5.92 Å². The van der Waals surface area contributed by atoms with E-state index >= 15 is 0 Å². The third-order valence-electron chi connectivity index (χ3n) is 3.38. The quantitative estimate of drug-likeness (QED) is 0.708. The Morgan fingerprint density at radius 1 is 1.35 bits per heavy atom. The van der Waals surface area contributed by atoms with Crippen molar-refractivity contribution < 1.29 is 9.13 Å². The van der Waals surface area contributed by atoms with Crippen LogP contribution in [0.4, 0.5) is 4.39 Å². The molecule has 2 heteroatoms. The molecule has 0 heterocycles. The molecular formula is C15H21FO.